The van der Waals surface area contributed by atoms with E-state index in [1.807, 2.05) is 163 Å². The Morgan fingerprint density at radius 1 is 0.350 bits per heavy atom. The van der Waals surface area contributed by atoms with Gasteiger partial charge >= 0.3 is 54.7 Å². The summed E-state index contributed by atoms with van der Waals surface area (Å²) in [5, 5.41) is 43.5. The molecule has 0 saturated carbocycles. The summed E-state index contributed by atoms with van der Waals surface area (Å²) in [7, 11) is 0. The quantitative estimate of drug-likeness (QED) is 0.0177. The van der Waals surface area contributed by atoms with Gasteiger partial charge in [-0.2, -0.15) is 13.2 Å². The van der Waals surface area contributed by atoms with Gasteiger partial charge in [-0.3, -0.25) is 9.59 Å². The van der Waals surface area contributed by atoms with Crippen molar-refractivity contribution in [2.75, 3.05) is 151 Å². The molecule has 5 aliphatic rings. The number of rotatable bonds is 32. The number of nitrogens with zero attached hydrogens (tertiary/aromatic N) is 4. The first-order valence-corrected chi connectivity index (χ1v) is 48.4. The SMILES string of the molecule is CC(C)(C)OC(=O)NCC1CN(C(=O)OCCc2ccc(Cl)cc2)C1.CC(C)(C)OC(=O)NCC1CNC1.NCC1CN(C(=O)OCCc2ccc(Cl)cc2)C1.O=C(COc1ccc(Cl)cc1)NCC1CN(C(=O)OCCc2ccc(Cl)cc2)C1.O=C(COc1ccc(Cl)cc1)NCC1CN(C(=O)OCCc2ccc(Cl)cc2)C1.O=C(O)C(F)(F)F.O=C(O)COc1ccc(Cl)cc1.OCCc1ccc(Cl)cc1. The number of halogens is 11. The molecule has 0 atom stereocenters. The molecule has 0 spiro atoms. The fraction of sp³-hybridized carbons (Fsp3) is 0.420. The van der Waals surface area contributed by atoms with Gasteiger partial charge in [0.2, 0.25) is 0 Å². The molecule has 0 radical (unpaired) electrons. The molecule has 43 heteroatoms. The number of amides is 8. The number of aliphatic hydroxyl groups excluding tert-OH is 1. The normalized spacial score (nSPS) is 13.6. The molecule has 10 N–H and O–H groups in total. The van der Waals surface area contributed by atoms with Crippen molar-refractivity contribution in [3.63, 3.8) is 0 Å². The lowest BCUT2D eigenvalue weighted by atomic mass is 10.0. The summed E-state index contributed by atoms with van der Waals surface area (Å²) in [6.07, 6.45) is -3.70. The first-order valence-electron chi connectivity index (χ1n) is 45.4. The topological polar surface area (TPSA) is 414 Å². The Morgan fingerprint density at radius 3 is 0.790 bits per heavy atom. The van der Waals surface area contributed by atoms with Gasteiger partial charge < -0.3 is 110 Å². The minimum atomic E-state index is -5.08. The Balaban J connectivity index is 0.000000259. The van der Waals surface area contributed by atoms with Crippen LogP contribution in [0.5, 0.6) is 17.2 Å². The Bertz CT molecular complexity index is 5040. The molecule has 0 aromatic heterocycles. The van der Waals surface area contributed by atoms with Gasteiger partial charge in [0.05, 0.1) is 26.4 Å². The highest BCUT2D eigenvalue weighted by molar-refractivity contribution is 6.32. The van der Waals surface area contributed by atoms with Crippen LogP contribution < -0.4 is 46.5 Å². The number of hydrogen-bond acceptors (Lipinski definition) is 22. The summed E-state index contributed by atoms with van der Waals surface area (Å²) < 4.78 is 78.7. The summed E-state index contributed by atoms with van der Waals surface area (Å²) >= 11 is 46.2. The van der Waals surface area contributed by atoms with E-state index in [1.54, 1.807) is 92.4 Å². The number of carboxylic acids is 2. The average Bonchev–Trinajstić information content (AvgIpc) is 0.854. The lowest BCUT2D eigenvalue weighted by Crippen LogP contribution is -2.54. The van der Waals surface area contributed by atoms with Crippen LogP contribution in [0.25, 0.3) is 0 Å². The number of aliphatic carboxylic acids is 2. The number of alkyl halides is 3. The molecule has 780 valence electrons. The highest BCUT2D eigenvalue weighted by atomic mass is 35.5. The summed E-state index contributed by atoms with van der Waals surface area (Å²) in [4.78, 5) is 119. The van der Waals surface area contributed by atoms with Crippen molar-refractivity contribution in [1.82, 2.24) is 46.2 Å². The number of carbonyl (C=O) groups excluding carboxylic acids is 8. The zero-order chi connectivity index (χ0) is 105. The molecule has 0 unspecified atom stereocenters. The van der Waals surface area contributed by atoms with Crippen molar-refractivity contribution >= 4 is 153 Å². The van der Waals surface area contributed by atoms with Crippen LogP contribution in [0.3, 0.4) is 0 Å². The molecule has 32 nitrogen and oxygen atoms in total. The van der Waals surface area contributed by atoms with Crippen LogP contribution in [0.15, 0.2) is 194 Å². The third kappa shape index (κ3) is 52.7. The molecule has 5 fully saturated rings. The monoisotopic (exact) mass is 2150 g/mol. The van der Waals surface area contributed by atoms with Crippen LogP contribution in [0, 0.1) is 29.6 Å². The number of nitrogens with two attached hydrogens (primary N) is 1. The van der Waals surface area contributed by atoms with Crippen molar-refractivity contribution < 1.29 is 119 Å². The Morgan fingerprint density at radius 2 is 0.573 bits per heavy atom. The second kappa shape index (κ2) is 63.7. The molecular weight excluding hydrogens is 2030 g/mol. The summed E-state index contributed by atoms with van der Waals surface area (Å²) in [5.41, 5.74) is 10.0. The highest BCUT2D eigenvalue weighted by Gasteiger charge is 2.39. The van der Waals surface area contributed by atoms with E-state index in [-0.39, 0.29) is 86.5 Å². The van der Waals surface area contributed by atoms with E-state index in [0.717, 1.165) is 59.0 Å². The lowest BCUT2D eigenvalue weighted by molar-refractivity contribution is -0.192. The number of nitrogens with one attached hydrogen (secondary N) is 5. The van der Waals surface area contributed by atoms with Gasteiger partial charge in [0.15, 0.2) is 19.8 Å². The van der Waals surface area contributed by atoms with Crippen LogP contribution in [-0.4, -0.2) is 264 Å². The predicted molar refractivity (Wildman–Crippen MR) is 541 cm³/mol. The Hall–Kier alpha value is -11.4. The summed E-state index contributed by atoms with van der Waals surface area (Å²) in [6, 6.07) is 57.5. The van der Waals surface area contributed by atoms with E-state index >= 15 is 0 Å². The number of benzene rings is 8. The van der Waals surface area contributed by atoms with E-state index in [9.17, 15) is 56.3 Å². The molecule has 13 rings (SSSR count). The molecule has 0 bridgehead atoms. The number of carbonyl (C=O) groups is 10. The van der Waals surface area contributed by atoms with E-state index < -0.39 is 35.4 Å². The van der Waals surface area contributed by atoms with Gasteiger partial charge in [0.25, 0.3) is 11.8 Å². The number of aliphatic hydroxyl groups is 1. The zero-order valence-electron chi connectivity index (χ0n) is 79.8. The number of alkyl carbamates (subject to hydrolysis) is 2. The highest BCUT2D eigenvalue weighted by Crippen LogP contribution is 2.25. The molecule has 5 aliphatic heterocycles. The van der Waals surface area contributed by atoms with Gasteiger partial charge in [0, 0.05) is 194 Å². The van der Waals surface area contributed by atoms with Crippen molar-refractivity contribution in [3.8, 4) is 17.2 Å². The minimum absolute atomic E-state index is 0.0647. The number of hydrogen-bond donors (Lipinski definition) is 9. The second-order valence-electron chi connectivity index (χ2n) is 34.7. The molecular formula is C100H121Cl8F3N10O22. The largest absolute Gasteiger partial charge is 0.490 e. The summed E-state index contributed by atoms with van der Waals surface area (Å²) in [5.74, 6) is -0.803. The van der Waals surface area contributed by atoms with Gasteiger partial charge in [-0.05, 0) is 216 Å². The predicted octanol–water partition coefficient (Wildman–Crippen LogP) is 18.0. The number of ether oxygens (including phenoxy) is 9. The Labute approximate surface area is 869 Å². The van der Waals surface area contributed by atoms with Crippen LogP contribution >= 0.6 is 92.8 Å². The minimum Gasteiger partial charge on any atom is -0.484 e. The molecule has 0 aliphatic carbocycles. The van der Waals surface area contributed by atoms with Gasteiger partial charge in [-0.1, -0.05) is 153 Å². The maximum absolute atomic E-state index is 12.0. The van der Waals surface area contributed by atoms with Gasteiger partial charge in [-0.25, -0.2) is 38.4 Å². The average molecular weight is 2160 g/mol. The van der Waals surface area contributed by atoms with Crippen LogP contribution in [0.2, 0.25) is 40.2 Å². The van der Waals surface area contributed by atoms with E-state index in [0.29, 0.717) is 195 Å². The molecule has 5 saturated heterocycles. The fourth-order valence-electron chi connectivity index (χ4n) is 12.4. The molecule has 8 amide bonds. The lowest BCUT2D eigenvalue weighted by Gasteiger charge is -2.38. The zero-order valence-corrected chi connectivity index (χ0v) is 85.8. The first kappa shape index (κ1) is 120. The maximum Gasteiger partial charge on any atom is 0.490 e. The Kier molecular flexibility index (Phi) is 53.6. The smallest absolute Gasteiger partial charge is 0.484 e. The third-order valence-electron chi connectivity index (χ3n) is 20.3. The maximum atomic E-state index is 12.0. The van der Waals surface area contributed by atoms with E-state index in [4.69, 9.17) is 161 Å². The molecule has 5 heterocycles. The van der Waals surface area contributed by atoms with E-state index in [1.165, 1.54) is 0 Å². The van der Waals surface area contributed by atoms with Crippen molar-refractivity contribution in [1.29, 1.82) is 0 Å². The third-order valence-corrected chi connectivity index (χ3v) is 22.3. The molecule has 143 heavy (non-hydrogen) atoms. The van der Waals surface area contributed by atoms with Crippen LogP contribution in [0.4, 0.5) is 41.9 Å². The second-order valence-corrected chi connectivity index (χ2v) is 38.2. The van der Waals surface area contributed by atoms with Gasteiger partial charge in [-0.15, -0.1) is 0 Å². The van der Waals surface area contributed by atoms with E-state index in [2.05, 4.69) is 26.6 Å². The first-order chi connectivity index (χ1) is 67.8. The summed E-state index contributed by atoms with van der Waals surface area (Å²) in [6.45, 7) is 21.8. The number of likely N-dealkylation sites (tertiary alicyclic amines) is 4. The van der Waals surface area contributed by atoms with Crippen molar-refractivity contribution in [3.05, 3.63) is 262 Å². The van der Waals surface area contributed by atoms with Crippen molar-refractivity contribution in [2.24, 2.45) is 35.3 Å². The molecule has 8 aromatic rings. The van der Waals surface area contributed by atoms with Crippen LogP contribution in [-0.2, 0) is 79.7 Å². The molecule has 8 aromatic carbocycles. The fourth-order valence-corrected chi connectivity index (χ4v) is 13.4. The standard InChI is InChI=1S/2C21H22Cl2N2O4.C18H25ClN2O4.C13H17ClN2O2.C9H18N2O2.C8H7ClO3.C8H9ClO.C2HF3O2/c2*22-17-3-1-15(2-4-17)9-10-28-21(27)25-12-16(13-25)11-24-20(26)14-29-19-7-5-18(23)6-8-19;1-18(2,3)25-16(22)20-10-14-11-21(12-14)17(23)24-9-8-13-4-6-15(19)7-5-13;14-12-3-1-10(2-4-12)5-6-18-13(17)16-8-11(7-15)9-16;1-9(2,3)13-8(12)11-6-7-4-10-5-7;9-6-1-3-7(4-2-6)12-5-8(10)11;9-8-3-1-7(2-4-8)5-6-10;3-2(4,5)1(6)7/h2*1-8,16H,9-14H2,(H,24,26);4-7,14H,8-12H2,1-3H3,(H,20,22);1-4,11H,5-9,15H2;7,10H,4-6H2,1-3H3,(H,11,12);1-4H,5H2,(H,10,11);1-4,10H,5-6H2;(H,6,7). The van der Waals surface area contributed by atoms with Gasteiger partial charge in [0.1, 0.15) is 28.5 Å². The van der Waals surface area contributed by atoms with Crippen molar-refractivity contribution in [2.45, 2.75) is 91.0 Å². The number of carboxylic acid groups (broad SMARTS) is 2. The van der Waals surface area contributed by atoms with Crippen LogP contribution in [0.1, 0.15) is 69.4 Å².